The van der Waals surface area contributed by atoms with Gasteiger partial charge in [-0.1, -0.05) is 42.5 Å². The van der Waals surface area contributed by atoms with Crippen LogP contribution in [0.2, 0.25) is 0 Å². The number of alkyl halides is 1. The standard InChI is InChI=1S/C25H18F2N2OS/c26-21-10-2-1-8-19(21)24(27)23-15-20-18(9-4-11-22(20)31-23)16-6-3-7-17(14-16)25(30)29-13-5-12-28/h1-4,6-11,14-15,24H,5,13H2,(H,29,30). The van der Waals surface area contributed by atoms with Gasteiger partial charge in [0.25, 0.3) is 5.91 Å². The summed E-state index contributed by atoms with van der Waals surface area (Å²) >= 11 is 1.29. The SMILES string of the molecule is N#CCCNC(=O)c1cccc(-c2cccc3sc(C(F)c4ccccc4F)cc23)c1. The molecular weight excluding hydrogens is 414 g/mol. The van der Waals surface area contributed by atoms with Gasteiger partial charge in [0.2, 0.25) is 0 Å². The van der Waals surface area contributed by atoms with E-state index in [9.17, 15) is 9.18 Å². The molecule has 0 aliphatic carbocycles. The second-order valence-corrected chi connectivity index (χ2v) is 8.11. The first-order valence-electron chi connectivity index (χ1n) is 9.75. The normalized spacial score (nSPS) is 11.8. The van der Waals surface area contributed by atoms with Crippen LogP contribution in [-0.2, 0) is 0 Å². The van der Waals surface area contributed by atoms with Crippen LogP contribution in [0.1, 0.15) is 33.4 Å². The van der Waals surface area contributed by atoms with E-state index in [0.717, 1.165) is 21.2 Å². The molecule has 0 fully saturated rings. The van der Waals surface area contributed by atoms with Crippen LogP contribution in [0.15, 0.2) is 72.8 Å². The smallest absolute Gasteiger partial charge is 0.251 e. The Kier molecular flexibility index (Phi) is 6.06. The summed E-state index contributed by atoms with van der Waals surface area (Å²) < 4.78 is 30.1. The molecule has 3 aromatic carbocycles. The summed E-state index contributed by atoms with van der Waals surface area (Å²) in [5, 5.41) is 12.2. The van der Waals surface area contributed by atoms with E-state index in [0.29, 0.717) is 10.4 Å². The van der Waals surface area contributed by atoms with Crippen LogP contribution in [-0.4, -0.2) is 12.5 Å². The second kappa shape index (κ2) is 9.07. The van der Waals surface area contributed by atoms with Crippen molar-refractivity contribution in [3.05, 3.63) is 94.6 Å². The van der Waals surface area contributed by atoms with Crippen molar-refractivity contribution in [2.24, 2.45) is 0 Å². The Morgan fingerprint density at radius 1 is 1.06 bits per heavy atom. The third kappa shape index (κ3) is 4.32. The average molecular weight is 432 g/mol. The molecule has 1 heterocycles. The number of halogens is 2. The van der Waals surface area contributed by atoms with Gasteiger partial charge in [-0.25, -0.2) is 8.78 Å². The van der Waals surface area contributed by atoms with Crippen molar-refractivity contribution in [1.29, 1.82) is 5.26 Å². The van der Waals surface area contributed by atoms with Crippen LogP contribution in [0.25, 0.3) is 21.2 Å². The number of nitriles is 1. The summed E-state index contributed by atoms with van der Waals surface area (Å²) in [6.07, 6.45) is -1.31. The van der Waals surface area contributed by atoms with Crippen LogP contribution in [0.5, 0.6) is 0 Å². The second-order valence-electron chi connectivity index (χ2n) is 7.00. The summed E-state index contributed by atoms with van der Waals surface area (Å²) in [5.74, 6) is -0.818. The Morgan fingerprint density at radius 3 is 2.68 bits per heavy atom. The summed E-state index contributed by atoms with van der Waals surface area (Å²) in [5.41, 5.74) is 2.20. The quantitative estimate of drug-likeness (QED) is 0.358. The third-order valence-electron chi connectivity index (χ3n) is 4.97. The molecule has 154 valence electrons. The summed E-state index contributed by atoms with van der Waals surface area (Å²) in [7, 11) is 0. The van der Waals surface area contributed by atoms with Crippen molar-refractivity contribution < 1.29 is 13.6 Å². The largest absolute Gasteiger partial charge is 0.351 e. The molecule has 0 aliphatic heterocycles. The first-order chi connectivity index (χ1) is 15.1. The number of nitrogens with zero attached hydrogens (tertiary/aromatic N) is 1. The molecule has 1 N–H and O–H groups in total. The number of rotatable bonds is 6. The van der Waals surface area contributed by atoms with E-state index >= 15 is 4.39 Å². The number of fused-ring (bicyclic) bond motifs is 1. The van der Waals surface area contributed by atoms with Crippen LogP contribution >= 0.6 is 11.3 Å². The molecule has 1 amide bonds. The maximum absolute atomic E-state index is 15.1. The lowest BCUT2D eigenvalue weighted by molar-refractivity contribution is 0.0954. The zero-order valence-corrected chi connectivity index (χ0v) is 17.3. The number of amides is 1. The van der Waals surface area contributed by atoms with Crippen LogP contribution in [0.3, 0.4) is 0 Å². The number of carbonyl (C=O) groups is 1. The van der Waals surface area contributed by atoms with Crippen LogP contribution in [0.4, 0.5) is 8.78 Å². The average Bonchev–Trinajstić information content (AvgIpc) is 3.23. The molecule has 0 saturated heterocycles. The highest BCUT2D eigenvalue weighted by Crippen LogP contribution is 2.40. The van der Waals surface area contributed by atoms with Crippen molar-refractivity contribution in [2.45, 2.75) is 12.6 Å². The molecular formula is C25H18F2N2OS. The minimum Gasteiger partial charge on any atom is -0.351 e. The lowest BCUT2D eigenvalue weighted by Gasteiger charge is -2.08. The first-order valence-corrected chi connectivity index (χ1v) is 10.6. The fraction of sp³-hybridized carbons (Fsp3) is 0.120. The highest BCUT2D eigenvalue weighted by Gasteiger charge is 2.20. The van der Waals surface area contributed by atoms with Gasteiger partial charge in [-0.2, -0.15) is 5.26 Å². The maximum Gasteiger partial charge on any atom is 0.251 e. The predicted octanol–water partition coefficient (Wildman–Crippen LogP) is 6.41. The molecule has 1 unspecified atom stereocenters. The number of thiophene rings is 1. The number of hydrogen-bond acceptors (Lipinski definition) is 3. The van der Waals surface area contributed by atoms with E-state index in [1.54, 1.807) is 30.3 Å². The Labute approximate surface area is 182 Å². The summed E-state index contributed by atoms with van der Waals surface area (Å²) in [6.45, 7) is 0.289. The van der Waals surface area contributed by atoms with Crippen molar-refractivity contribution in [3.63, 3.8) is 0 Å². The van der Waals surface area contributed by atoms with Gasteiger partial charge in [0, 0.05) is 32.6 Å². The highest BCUT2D eigenvalue weighted by molar-refractivity contribution is 7.19. The molecule has 0 spiro atoms. The molecule has 0 radical (unpaired) electrons. The number of benzene rings is 3. The predicted molar refractivity (Wildman–Crippen MR) is 119 cm³/mol. The molecule has 1 aromatic heterocycles. The molecule has 3 nitrogen and oxygen atoms in total. The number of hydrogen-bond donors (Lipinski definition) is 1. The van der Waals surface area contributed by atoms with Gasteiger partial charge < -0.3 is 5.32 Å². The Hall–Kier alpha value is -3.56. The summed E-state index contributed by atoms with van der Waals surface area (Å²) in [4.78, 5) is 12.8. The first kappa shape index (κ1) is 20.7. The number of carbonyl (C=O) groups excluding carboxylic acids is 1. The van der Waals surface area contributed by atoms with Crippen LogP contribution < -0.4 is 5.32 Å². The minimum atomic E-state index is -1.55. The third-order valence-corrected chi connectivity index (χ3v) is 6.10. The van der Waals surface area contributed by atoms with E-state index < -0.39 is 12.0 Å². The van der Waals surface area contributed by atoms with Crippen molar-refractivity contribution in [2.75, 3.05) is 6.54 Å². The van der Waals surface area contributed by atoms with E-state index in [1.165, 1.54) is 29.5 Å². The topological polar surface area (TPSA) is 52.9 Å². The van der Waals surface area contributed by atoms with Gasteiger partial charge in [-0.3, -0.25) is 4.79 Å². The Bertz CT molecular complexity index is 1290. The van der Waals surface area contributed by atoms with Gasteiger partial charge in [0.15, 0.2) is 6.17 Å². The molecule has 0 bridgehead atoms. The molecule has 0 saturated carbocycles. The van der Waals surface area contributed by atoms with Gasteiger partial charge in [0.1, 0.15) is 5.82 Å². The van der Waals surface area contributed by atoms with Gasteiger partial charge in [-0.15, -0.1) is 11.3 Å². The van der Waals surface area contributed by atoms with Crippen LogP contribution in [0, 0.1) is 17.1 Å². The summed E-state index contributed by atoms with van der Waals surface area (Å²) in [6, 6.07) is 22.5. The van der Waals surface area contributed by atoms with Gasteiger partial charge >= 0.3 is 0 Å². The fourth-order valence-corrected chi connectivity index (χ4v) is 4.54. The molecule has 0 aliphatic rings. The Morgan fingerprint density at radius 2 is 1.87 bits per heavy atom. The molecule has 6 heteroatoms. The van der Waals surface area contributed by atoms with Gasteiger partial charge in [0.05, 0.1) is 12.5 Å². The Balaban J connectivity index is 1.70. The lowest BCUT2D eigenvalue weighted by Crippen LogP contribution is -2.24. The monoisotopic (exact) mass is 432 g/mol. The minimum absolute atomic E-state index is 0.0200. The fourth-order valence-electron chi connectivity index (χ4n) is 3.45. The van der Waals surface area contributed by atoms with Crippen molar-refractivity contribution in [1.82, 2.24) is 5.32 Å². The van der Waals surface area contributed by atoms with E-state index in [4.69, 9.17) is 5.26 Å². The molecule has 4 rings (SSSR count). The zero-order valence-electron chi connectivity index (χ0n) is 16.4. The maximum atomic E-state index is 15.1. The molecule has 4 aromatic rings. The lowest BCUT2D eigenvalue weighted by atomic mass is 9.99. The molecule has 31 heavy (non-hydrogen) atoms. The van der Waals surface area contributed by atoms with E-state index in [1.807, 2.05) is 30.3 Å². The number of nitrogens with one attached hydrogen (secondary N) is 1. The van der Waals surface area contributed by atoms with E-state index in [2.05, 4.69) is 5.32 Å². The van der Waals surface area contributed by atoms with E-state index in [-0.39, 0.29) is 24.4 Å². The van der Waals surface area contributed by atoms with Gasteiger partial charge in [-0.05, 0) is 41.5 Å². The zero-order chi connectivity index (χ0) is 21.8. The van der Waals surface area contributed by atoms with Crippen molar-refractivity contribution in [3.8, 4) is 17.2 Å². The highest BCUT2D eigenvalue weighted by atomic mass is 32.1. The van der Waals surface area contributed by atoms with Crippen molar-refractivity contribution >= 4 is 27.3 Å². The molecule has 1 atom stereocenters.